The van der Waals surface area contributed by atoms with E-state index in [9.17, 15) is 37.2 Å². The highest BCUT2D eigenvalue weighted by molar-refractivity contribution is 7.91. The number of aromatic nitrogens is 2. The van der Waals surface area contributed by atoms with E-state index in [4.69, 9.17) is 4.74 Å². The van der Waals surface area contributed by atoms with Gasteiger partial charge < -0.3 is 25.2 Å². The third-order valence-electron chi connectivity index (χ3n) is 10.9. The molecule has 0 radical (unpaired) electrons. The monoisotopic (exact) mass is 767 g/mol. The molecule has 1 aromatic heterocycles. The highest BCUT2D eigenvalue weighted by Crippen LogP contribution is 2.46. The number of aryl methyl sites for hydroxylation is 1. The Morgan fingerprint density at radius 1 is 1.06 bits per heavy atom. The Labute approximate surface area is 314 Å². The van der Waals surface area contributed by atoms with Gasteiger partial charge in [-0.3, -0.25) is 33.5 Å². The van der Waals surface area contributed by atoms with Crippen molar-refractivity contribution in [3.8, 4) is 5.88 Å². The highest BCUT2D eigenvalue weighted by Gasteiger charge is 2.62. The van der Waals surface area contributed by atoms with Crippen molar-refractivity contribution in [3.05, 3.63) is 46.8 Å². The zero-order valence-electron chi connectivity index (χ0n) is 31.2. The molecule has 3 N–H and O–H groups in total. The maximum Gasteiger partial charge on any atom is 0.311 e. The lowest BCUT2D eigenvalue weighted by Gasteiger charge is -2.33. The molecule has 16 nitrogen and oxygen atoms in total. The number of likely N-dealkylation sites (N-methyl/N-ethyl adjacent to an activating group) is 1. The van der Waals surface area contributed by atoms with Crippen LogP contribution >= 0.6 is 0 Å². The Bertz CT molecular complexity index is 2050. The molecule has 2 aromatic rings. The first-order chi connectivity index (χ1) is 25.6. The van der Waals surface area contributed by atoms with E-state index in [1.165, 1.54) is 23.7 Å². The second kappa shape index (κ2) is 15.1. The van der Waals surface area contributed by atoms with Crippen LogP contribution < -0.4 is 25.7 Å². The third kappa shape index (κ3) is 7.86. The van der Waals surface area contributed by atoms with Gasteiger partial charge in [0, 0.05) is 33.0 Å². The van der Waals surface area contributed by atoms with Crippen LogP contribution in [0.2, 0.25) is 0 Å². The second-order valence-electron chi connectivity index (χ2n) is 15.4. The van der Waals surface area contributed by atoms with E-state index >= 15 is 0 Å². The number of fused-ring (bicyclic) bond motifs is 3. The first-order valence-corrected chi connectivity index (χ1v) is 20.1. The molecule has 1 aromatic carbocycles. The van der Waals surface area contributed by atoms with Gasteiger partial charge in [0.05, 0.1) is 22.6 Å². The second-order valence-corrected chi connectivity index (χ2v) is 17.3. The third-order valence-corrected chi connectivity index (χ3v) is 12.7. The van der Waals surface area contributed by atoms with Gasteiger partial charge in [-0.05, 0) is 69.4 Å². The lowest BCUT2D eigenvalue weighted by molar-refractivity contribution is -0.148. The highest BCUT2D eigenvalue weighted by atomic mass is 32.2. The Morgan fingerprint density at radius 3 is 2.43 bits per heavy atom. The summed E-state index contributed by atoms with van der Waals surface area (Å²) >= 11 is 0. The van der Waals surface area contributed by atoms with Crippen LogP contribution in [0.25, 0.3) is 10.8 Å². The van der Waals surface area contributed by atoms with Crippen LogP contribution in [0.1, 0.15) is 65.7 Å². The standard InChI is InChI=1S/C37H49N7O9S/c1-6-44-33(47)27-14-10-9-13-26(27)32(40-44)53-24-18-28-30(45)39-37(36(50)41-54(51,52)25-15-16-25)19-23(37)12-8-7-11-21(2)17-22(3)29(34(48)43(28)20-24)38-31(46)35(49)42(4)5/h8-10,12-14,21-25,28-29H,6-7,11,15-20H2,1-5H3,(H,38,46)(H,39,45)(H,41,50)/b12-8-/t21-,22+,23?,24+,28-,29-,37?/m0/s1. The van der Waals surface area contributed by atoms with Crippen molar-refractivity contribution in [2.24, 2.45) is 17.8 Å². The summed E-state index contributed by atoms with van der Waals surface area (Å²) in [5.74, 6) is -4.71. The molecule has 0 bridgehead atoms. The van der Waals surface area contributed by atoms with E-state index in [0.29, 0.717) is 42.9 Å². The van der Waals surface area contributed by atoms with Gasteiger partial charge in [-0.15, -0.1) is 5.10 Å². The Hall–Kier alpha value is -4.80. The van der Waals surface area contributed by atoms with Crippen molar-refractivity contribution >= 4 is 50.3 Å². The minimum atomic E-state index is -3.93. The molecule has 4 aliphatic rings. The zero-order chi connectivity index (χ0) is 39.1. The number of allylic oxidation sites excluding steroid dienone is 1. The number of carbonyl (C=O) groups excluding carboxylic acids is 5. The molecule has 2 aliphatic heterocycles. The van der Waals surface area contributed by atoms with Gasteiger partial charge in [0.1, 0.15) is 23.7 Å². The molecule has 3 fully saturated rings. The minimum Gasteiger partial charge on any atom is -0.471 e. The van der Waals surface area contributed by atoms with Crippen molar-refractivity contribution in [1.29, 1.82) is 0 Å². The van der Waals surface area contributed by atoms with Crippen LogP contribution in [0.15, 0.2) is 41.2 Å². The maximum absolute atomic E-state index is 14.7. The van der Waals surface area contributed by atoms with E-state index in [-0.39, 0.29) is 43.3 Å². The number of sulfonamides is 1. The molecule has 292 valence electrons. The molecule has 0 spiro atoms. The smallest absolute Gasteiger partial charge is 0.311 e. The van der Waals surface area contributed by atoms with Crippen LogP contribution in [-0.2, 0) is 40.5 Å². The van der Waals surface area contributed by atoms with Gasteiger partial charge in [-0.1, -0.05) is 38.1 Å². The van der Waals surface area contributed by atoms with E-state index < -0.39 is 80.4 Å². The van der Waals surface area contributed by atoms with E-state index in [0.717, 1.165) is 4.90 Å². The van der Waals surface area contributed by atoms with Gasteiger partial charge in [0.2, 0.25) is 27.7 Å². The van der Waals surface area contributed by atoms with E-state index in [2.05, 4.69) is 20.5 Å². The van der Waals surface area contributed by atoms with Gasteiger partial charge in [-0.25, -0.2) is 13.1 Å². The summed E-state index contributed by atoms with van der Waals surface area (Å²) in [6.07, 6.45) is 5.76. The topological polar surface area (TPSA) is 206 Å². The summed E-state index contributed by atoms with van der Waals surface area (Å²) in [5, 5.41) is 10.1. The molecule has 6 rings (SSSR count). The average Bonchev–Trinajstić information content (AvgIpc) is 4.06. The van der Waals surface area contributed by atoms with Crippen molar-refractivity contribution in [1.82, 2.24) is 34.9 Å². The lowest BCUT2D eigenvalue weighted by atomic mass is 9.87. The van der Waals surface area contributed by atoms with Gasteiger partial charge in [0.25, 0.3) is 11.5 Å². The molecule has 7 atom stereocenters. The Morgan fingerprint density at radius 2 is 1.76 bits per heavy atom. The molecule has 17 heteroatoms. The first kappa shape index (κ1) is 38.9. The number of hydrogen-bond acceptors (Lipinski definition) is 10. The van der Waals surface area contributed by atoms with Crippen LogP contribution in [-0.4, -0.2) is 107 Å². The van der Waals surface area contributed by atoms with Crippen molar-refractivity contribution < 1.29 is 37.1 Å². The number of hydrogen-bond donors (Lipinski definition) is 3. The van der Waals surface area contributed by atoms with Crippen LogP contribution in [0.3, 0.4) is 0 Å². The van der Waals surface area contributed by atoms with Crippen molar-refractivity contribution in [3.63, 3.8) is 0 Å². The number of amides is 5. The summed E-state index contributed by atoms with van der Waals surface area (Å²) in [6.45, 7) is 5.73. The quantitative estimate of drug-likeness (QED) is 0.267. The summed E-state index contributed by atoms with van der Waals surface area (Å²) in [4.78, 5) is 84.1. The number of rotatable bonds is 7. The number of carbonyl (C=O) groups is 5. The van der Waals surface area contributed by atoms with Crippen LogP contribution in [0, 0.1) is 17.8 Å². The molecular weight excluding hydrogens is 719 g/mol. The van der Waals surface area contributed by atoms with Crippen molar-refractivity contribution in [2.45, 2.75) is 101 Å². The van der Waals surface area contributed by atoms with Crippen LogP contribution in [0.5, 0.6) is 5.88 Å². The predicted octanol–water partition coefficient (Wildman–Crippen LogP) is 0.833. The summed E-state index contributed by atoms with van der Waals surface area (Å²) in [7, 11) is -1.08. The number of ether oxygens (including phenoxy) is 1. The average molecular weight is 768 g/mol. The SMILES string of the molecule is CCn1nc(O[C@@H]2C[C@H]3C(=O)NC4(C(=O)NS(=O)(=O)C5CC5)CC4/C=C\CC[C@H](C)C[C@@H](C)[C@H](NC(=O)C(=O)N(C)C)C(=O)N3C2)c2ccccc2c1=O. The zero-order valence-corrected chi connectivity index (χ0v) is 32.1. The minimum absolute atomic E-state index is 0.0561. The maximum atomic E-state index is 14.7. The molecule has 3 heterocycles. The molecule has 1 saturated heterocycles. The number of benzene rings is 1. The van der Waals surface area contributed by atoms with Crippen molar-refractivity contribution in [2.75, 3.05) is 20.6 Å². The van der Waals surface area contributed by atoms with Crippen LogP contribution in [0.4, 0.5) is 0 Å². The molecule has 54 heavy (non-hydrogen) atoms. The number of nitrogens with one attached hydrogen (secondary N) is 3. The Kier molecular flexibility index (Phi) is 10.9. The summed E-state index contributed by atoms with van der Waals surface area (Å²) in [5.41, 5.74) is -1.87. The fourth-order valence-corrected chi connectivity index (χ4v) is 8.93. The normalized spacial score (nSPS) is 29.5. The first-order valence-electron chi connectivity index (χ1n) is 18.6. The predicted molar refractivity (Wildman–Crippen MR) is 197 cm³/mol. The summed E-state index contributed by atoms with van der Waals surface area (Å²) < 4.78 is 35.6. The lowest BCUT2D eigenvalue weighted by Crippen LogP contribution is -2.59. The largest absolute Gasteiger partial charge is 0.471 e. The number of nitrogens with zero attached hydrogens (tertiary/aromatic N) is 4. The Balaban J connectivity index is 1.37. The molecule has 5 amide bonds. The fraction of sp³-hybridized carbons (Fsp3) is 0.595. The molecular formula is C37H49N7O9S. The van der Waals surface area contributed by atoms with Gasteiger partial charge in [0.15, 0.2) is 0 Å². The summed E-state index contributed by atoms with van der Waals surface area (Å²) in [6, 6.07) is 4.39. The fourth-order valence-electron chi connectivity index (χ4n) is 7.57. The molecule has 2 unspecified atom stereocenters. The van der Waals surface area contributed by atoms with Gasteiger partial charge >= 0.3 is 11.8 Å². The van der Waals surface area contributed by atoms with E-state index in [1.807, 2.05) is 26.0 Å². The molecule has 2 aliphatic carbocycles. The van der Waals surface area contributed by atoms with E-state index in [1.54, 1.807) is 31.2 Å². The molecule has 2 saturated carbocycles. The van der Waals surface area contributed by atoms with Gasteiger partial charge in [-0.2, -0.15) is 0 Å².